The molecule has 3 rings (SSSR count). The predicted octanol–water partition coefficient (Wildman–Crippen LogP) is 3.87. The fourth-order valence-corrected chi connectivity index (χ4v) is 4.51. The third kappa shape index (κ3) is 4.85. The van der Waals surface area contributed by atoms with Crippen molar-refractivity contribution >= 4 is 37.5 Å². The first-order valence-corrected chi connectivity index (χ1v) is 10.7. The number of fused-ring (bicyclic) bond motifs is 1. The van der Waals surface area contributed by atoms with E-state index in [1.165, 1.54) is 11.3 Å². The summed E-state index contributed by atoms with van der Waals surface area (Å²) in [4.78, 5) is 21.1. The second-order valence-corrected chi connectivity index (χ2v) is 9.24. The molecule has 0 aliphatic rings. The van der Waals surface area contributed by atoms with E-state index in [2.05, 4.69) is 47.2 Å². The number of thiophene rings is 1. The van der Waals surface area contributed by atoms with Gasteiger partial charge >= 0.3 is 0 Å². The Morgan fingerprint density at radius 2 is 2.04 bits per heavy atom. The summed E-state index contributed by atoms with van der Waals surface area (Å²) in [5.41, 5.74) is 1.12. The molecule has 2 heterocycles. The second-order valence-electron chi connectivity index (χ2n) is 6.83. The molecule has 27 heavy (non-hydrogen) atoms. The van der Waals surface area contributed by atoms with E-state index in [-0.39, 0.29) is 11.6 Å². The van der Waals surface area contributed by atoms with Gasteiger partial charge in [-0.25, -0.2) is 4.98 Å². The molecule has 0 aliphatic carbocycles. The highest BCUT2D eigenvalue weighted by atomic mass is 79.9. The molecule has 0 spiro atoms. The number of rotatable bonds is 8. The van der Waals surface area contributed by atoms with Crippen LogP contribution in [0.2, 0.25) is 0 Å². The van der Waals surface area contributed by atoms with Gasteiger partial charge in [-0.3, -0.25) is 9.36 Å². The summed E-state index contributed by atoms with van der Waals surface area (Å²) < 4.78 is 2.76. The van der Waals surface area contributed by atoms with Gasteiger partial charge in [0.25, 0.3) is 5.56 Å². The first-order valence-electron chi connectivity index (χ1n) is 9.11. The smallest absolute Gasteiger partial charge is 0.262 e. The van der Waals surface area contributed by atoms with Crippen molar-refractivity contribution in [2.75, 3.05) is 27.2 Å². The summed E-state index contributed by atoms with van der Waals surface area (Å²) >= 11 is 5.00. The van der Waals surface area contributed by atoms with Crippen LogP contribution in [0.15, 0.2) is 45.0 Å². The van der Waals surface area contributed by atoms with Gasteiger partial charge in [0.2, 0.25) is 0 Å². The van der Waals surface area contributed by atoms with Gasteiger partial charge in [-0.15, -0.1) is 11.3 Å². The highest BCUT2D eigenvalue weighted by Gasteiger charge is 2.20. The molecule has 1 unspecified atom stereocenters. The van der Waals surface area contributed by atoms with Gasteiger partial charge in [-0.1, -0.05) is 37.3 Å². The average molecular weight is 449 g/mol. The zero-order chi connectivity index (χ0) is 19.4. The lowest BCUT2D eigenvalue weighted by Crippen LogP contribution is -2.35. The maximum atomic E-state index is 13.2. The molecule has 7 heteroatoms. The Bertz CT molecular complexity index is 952. The molecule has 0 fully saturated rings. The Morgan fingerprint density at radius 1 is 1.30 bits per heavy atom. The van der Waals surface area contributed by atoms with E-state index >= 15 is 0 Å². The van der Waals surface area contributed by atoms with Crippen LogP contribution in [0.4, 0.5) is 0 Å². The van der Waals surface area contributed by atoms with Crippen molar-refractivity contribution in [3.05, 3.63) is 61.9 Å². The highest BCUT2D eigenvalue weighted by Crippen LogP contribution is 2.28. The third-order valence-corrected chi connectivity index (χ3v) is 6.04. The minimum absolute atomic E-state index is 0.0219. The van der Waals surface area contributed by atoms with Gasteiger partial charge in [0, 0.05) is 13.1 Å². The molecular weight excluding hydrogens is 424 g/mol. The molecule has 1 N–H and O–H groups in total. The van der Waals surface area contributed by atoms with E-state index in [1.54, 1.807) is 0 Å². The molecule has 0 amide bonds. The summed E-state index contributed by atoms with van der Waals surface area (Å²) in [6, 6.07) is 12.0. The van der Waals surface area contributed by atoms with Crippen molar-refractivity contribution < 1.29 is 0 Å². The number of benzene rings is 1. The van der Waals surface area contributed by atoms with Gasteiger partial charge in [0.05, 0.1) is 21.8 Å². The first-order chi connectivity index (χ1) is 13.0. The van der Waals surface area contributed by atoms with Gasteiger partial charge < -0.3 is 10.2 Å². The third-order valence-electron chi connectivity index (χ3n) is 4.50. The largest absolute Gasteiger partial charge is 0.308 e. The van der Waals surface area contributed by atoms with Crippen molar-refractivity contribution in [3.63, 3.8) is 0 Å². The van der Waals surface area contributed by atoms with E-state index in [0.717, 1.165) is 39.5 Å². The van der Waals surface area contributed by atoms with Crippen LogP contribution in [0.25, 0.3) is 10.2 Å². The van der Waals surface area contributed by atoms with Gasteiger partial charge in [0.15, 0.2) is 0 Å². The molecular formula is C20H25BrN4OS. The lowest BCUT2D eigenvalue weighted by atomic mass is 10.1. The fourth-order valence-electron chi connectivity index (χ4n) is 3.07. The Balaban J connectivity index is 2.05. The maximum Gasteiger partial charge on any atom is 0.262 e. The lowest BCUT2D eigenvalue weighted by molar-refractivity contribution is 0.373. The van der Waals surface area contributed by atoms with Crippen LogP contribution in [0.3, 0.4) is 0 Å². The van der Waals surface area contributed by atoms with Crippen LogP contribution in [-0.2, 0) is 6.54 Å². The number of hydrogen-bond donors (Lipinski definition) is 1. The molecule has 144 valence electrons. The molecule has 0 saturated carbocycles. The quantitative estimate of drug-likeness (QED) is 0.567. The van der Waals surface area contributed by atoms with Crippen LogP contribution in [0.1, 0.15) is 30.8 Å². The van der Waals surface area contributed by atoms with Crippen molar-refractivity contribution in [3.8, 4) is 0 Å². The average Bonchev–Trinajstić information content (AvgIpc) is 3.02. The number of likely N-dealkylation sites (N-methyl/N-ethyl adjacent to an activating group) is 1. The van der Waals surface area contributed by atoms with Gasteiger partial charge in [0.1, 0.15) is 10.7 Å². The van der Waals surface area contributed by atoms with Crippen LogP contribution in [-0.4, -0.2) is 41.6 Å². The fraction of sp³-hybridized carbons (Fsp3) is 0.400. The van der Waals surface area contributed by atoms with E-state index in [9.17, 15) is 4.79 Å². The van der Waals surface area contributed by atoms with Crippen molar-refractivity contribution in [2.45, 2.75) is 25.9 Å². The molecule has 0 radical (unpaired) electrons. The van der Waals surface area contributed by atoms with E-state index in [4.69, 9.17) is 4.98 Å². The van der Waals surface area contributed by atoms with Crippen LogP contribution >= 0.6 is 27.3 Å². The molecule has 3 aromatic rings. The Morgan fingerprint density at radius 3 is 2.70 bits per heavy atom. The van der Waals surface area contributed by atoms with Crippen LogP contribution in [0, 0.1) is 0 Å². The topological polar surface area (TPSA) is 50.2 Å². The minimum atomic E-state index is 0.0219. The maximum absolute atomic E-state index is 13.2. The van der Waals surface area contributed by atoms with E-state index in [1.807, 2.05) is 41.0 Å². The zero-order valence-electron chi connectivity index (χ0n) is 15.9. The van der Waals surface area contributed by atoms with E-state index in [0.29, 0.717) is 11.9 Å². The molecule has 0 saturated heterocycles. The number of hydrogen-bond acceptors (Lipinski definition) is 5. The van der Waals surface area contributed by atoms with Crippen molar-refractivity contribution in [2.24, 2.45) is 0 Å². The molecule has 1 atom stereocenters. The Kier molecular flexibility index (Phi) is 6.81. The highest BCUT2D eigenvalue weighted by molar-refractivity contribution is 9.11. The predicted molar refractivity (Wildman–Crippen MR) is 117 cm³/mol. The van der Waals surface area contributed by atoms with Crippen molar-refractivity contribution in [1.82, 2.24) is 19.8 Å². The number of halogens is 1. The number of nitrogens with zero attached hydrogens (tertiary/aromatic N) is 3. The Hall–Kier alpha value is -1.54. The minimum Gasteiger partial charge on any atom is -0.308 e. The second kappa shape index (κ2) is 9.10. The molecule has 0 aliphatic heterocycles. The summed E-state index contributed by atoms with van der Waals surface area (Å²) in [7, 11) is 4.11. The molecule has 1 aromatic carbocycles. The number of nitrogens with one attached hydrogen (secondary N) is 1. The van der Waals surface area contributed by atoms with Gasteiger partial charge in [-0.05, 0) is 48.1 Å². The van der Waals surface area contributed by atoms with Crippen LogP contribution < -0.4 is 10.9 Å². The van der Waals surface area contributed by atoms with Crippen molar-refractivity contribution in [1.29, 1.82) is 0 Å². The van der Waals surface area contributed by atoms with E-state index < -0.39 is 0 Å². The van der Waals surface area contributed by atoms with Crippen LogP contribution in [0.5, 0.6) is 0 Å². The summed E-state index contributed by atoms with van der Waals surface area (Å²) in [5, 5.41) is 4.25. The lowest BCUT2D eigenvalue weighted by Gasteiger charge is -2.22. The first kappa shape index (κ1) is 20.2. The molecule has 2 aromatic heterocycles. The molecule has 0 bridgehead atoms. The Labute approximate surface area is 172 Å². The van der Waals surface area contributed by atoms with Gasteiger partial charge in [-0.2, -0.15) is 0 Å². The summed E-state index contributed by atoms with van der Waals surface area (Å²) in [6.07, 6.45) is 0.868. The summed E-state index contributed by atoms with van der Waals surface area (Å²) in [5.74, 6) is 0.812. The molecule has 5 nitrogen and oxygen atoms in total. The SMILES string of the molecule is CCC(NCCN(C)C)c1nc2sc(Br)cc2c(=O)n1Cc1ccccc1. The monoisotopic (exact) mass is 448 g/mol. The zero-order valence-corrected chi connectivity index (χ0v) is 18.3. The standard InChI is InChI=1S/C20H25BrN4OS/c1-4-16(22-10-11-24(2)3)18-23-19-15(12-17(21)27-19)20(26)25(18)13-14-8-6-5-7-9-14/h5-9,12,16,22H,4,10-11,13H2,1-3H3. The normalized spacial score (nSPS) is 12.8. The number of aromatic nitrogens is 2. The summed E-state index contributed by atoms with van der Waals surface area (Å²) in [6.45, 7) is 4.43.